The zero-order chi connectivity index (χ0) is 21.8. The number of ether oxygens (including phenoxy) is 1. The highest BCUT2D eigenvalue weighted by molar-refractivity contribution is 9.10. The van der Waals surface area contributed by atoms with E-state index in [2.05, 4.69) is 31.4 Å². The minimum absolute atomic E-state index is 0.151. The van der Waals surface area contributed by atoms with Crippen LogP contribution in [0.1, 0.15) is 0 Å². The van der Waals surface area contributed by atoms with Crippen LogP contribution in [0, 0.1) is 0 Å². The molecule has 2 aromatic carbocycles. The van der Waals surface area contributed by atoms with Crippen molar-refractivity contribution in [3.8, 4) is 28.6 Å². The molecule has 1 amide bonds. The molecule has 4 rings (SSSR count). The number of rotatable bonds is 6. The van der Waals surface area contributed by atoms with Crippen molar-refractivity contribution < 1.29 is 14.1 Å². The van der Waals surface area contributed by atoms with E-state index in [1.54, 1.807) is 37.4 Å². The molecular weight excluding hydrogens is 464 g/mol. The van der Waals surface area contributed by atoms with Crippen LogP contribution in [0.2, 0.25) is 0 Å². The Morgan fingerprint density at radius 1 is 1.06 bits per heavy atom. The Bertz CT molecular complexity index is 1260. The Morgan fingerprint density at radius 3 is 2.48 bits per heavy atom. The maximum Gasteiger partial charge on any atom is 0.259 e. The van der Waals surface area contributed by atoms with Crippen LogP contribution in [0.3, 0.4) is 0 Å². The number of benzene rings is 2. The smallest absolute Gasteiger partial charge is 0.259 e. The highest BCUT2D eigenvalue weighted by Gasteiger charge is 2.13. The van der Waals surface area contributed by atoms with Gasteiger partial charge in [0, 0.05) is 28.0 Å². The normalized spacial score (nSPS) is 10.6. The molecule has 31 heavy (non-hydrogen) atoms. The number of nitrogens with zero attached hydrogens (tertiary/aromatic N) is 3. The zero-order valence-corrected chi connectivity index (χ0v) is 18.0. The molecule has 4 aromatic rings. The number of hydrogen-bond donors (Lipinski definition) is 1. The van der Waals surface area contributed by atoms with Gasteiger partial charge >= 0.3 is 0 Å². The van der Waals surface area contributed by atoms with E-state index in [1.165, 1.54) is 16.8 Å². The molecular formula is C22H17BrN4O4. The molecule has 0 unspecified atom stereocenters. The molecule has 0 aliphatic rings. The van der Waals surface area contributed by atoms with Gasteiger partial charge in [0.15, 0.2) is 0 Å². The molecule has 0 aliphatic carbocycles. The average Bonchev–Trinajstić information content (AvgIpc) is 3.27. The summed E-state index contributed by atoms with van der Waals surface area (Å²) in [6, 6.07) is 17.3. The first-order valence-corrected chi connectivity index (χ1v) is 10.1. The number of hydrogen-bond acceptors (Lipinski definition) is 6. The van der Waals surface area contributed by atoms with Gasteiger partial charge in [-0.3, -0.25) is 9.59 Å². The van der Waals surface area contributed by atoms with Crippen LogP contribution in [-0.2, 0) is 11.3 Å². The second-order valence-corrected chi connectivity index (χ2v) is 7.51. The first-order chi connectivity index (χ1) is 15.0. The maximum absolute atomic E-state index is 12.4. The predicted octanol–water partition coefficient (Wildman–Crippen LogP) is 3.98. The van der Waals surface area contributed by atoms with Crippen LogP contribution in [0.15, 0.2) is 80.7 Å². The van der Waals surface area contributed by atoms with Gasteiger partial charge in [-0.2, -0.15) is 4.98 Å². The van der Waals surface area contributed by atoms with Gasteiger partial charge in [0.1, 0.15) is 12.3 Å². The van der Waals surface area contributed by atoms with E-state index in [1.807, 2.05) is 24.3 Å². The quantitative estimate of drug-likeness (QED) is 0.448. The summed E-state index contributed by atoms with van der Waals surface area (Å²) in [5.74, 6) is 1.04. The van der Waals surface area contributed by atoms with Crippen LogP contribution in [-0.4, -0.2) is 27.7 Å². The van der Waals surface area contributed by atoms with Crippen LogP contribution in [0.25, 0.3) is 22.8 Å². The van der Waals surface area contributed by atoms with Crippen LogP contribution in [0.4, 0.5) is 5.69 Å². The first-order valence-electron chi connectivity index (χ1n) is 9.26. The number of amides is 1. The SMILES string of the molecule is COc1ccc(-c2noc(-c3ccc(=O)n(CC(=O)Nc4ccc(Br)cc4)c3)n2)cc1. The summed E-state index contributed by atoms with van der Waals surface area (Å²) >= 11 is 3.34. The van der Waals surface area contributed by atoms with Gasteiger partial charge in [0.25, 0.3) is 11.4 Å². The Kier molecular flexibility index (Phi) is 5.94. The molecule has 0 aliphatic heterocycles. The van der Waals surface area contributed by atoms with E-state index in [0.717, 1.165) is 15.8 Å². The van der Waals surface area contributed by atoms with Crippen molar-refractivity contribution >= 4 is 27.5 Å². The van der Waals surface area contributed by atoms with Crippen LogP contribution < -0.4 is 15.6 Å². The first kappa shape index (κ1) is 20.5. The van der Waals surface area contributed by atoms with Gasteiger partial charge in [-0.15, -0.1) is 0 Å². The summed E-state index contributed by atoms with van der Waals surface area (Å²) in [5.41, 5.74) is 1.62. The summed E-state index contributed by atoms with van der Waals surface area (Å²) in [4.78, 5) is 29.0. The molecule has 0 radical (unpaired) electrons. The van der Waals surface area contributed by atoms with Gasteiger partial charge in [0.05, 0.1) is 12.7 Å². The van der Waals surface area contributed by atoms with Gasteiger partial charge in [0.2, 0.25) is 11.7 Å². The summed E-state index contributed by atoms with van der Waals surface area (Å²) in [6.45, 7) is -0.151. The van der Waals surface area contributed by atoms with E-state index in [9.17, 15) is 9.59 Å². The predicted molar refractivity (Wildman–Crippen MR) is 119 cm³/mol. The molecule has 0 fully saturated rings. The van der Waals surface area contributed by atoms with Crippen molar-refractivity contribution in [2.75, 3.05) is 12.4 Å². The lowest BCUT2D eigenvalue weighted by Gasteiger charge is -2.08. The third kappa shape index (κ3) is 4.89. The van der Waals surface area contributed by atoms with E-state index in [4.69, 9.17) is 9.26 Å². The monoisotopic (exact) mass is 480 g/mol. The van der Waals surface area contributed by atoms with E-state index >= 15 is 0 Å². The lowest BCUT2D eigenvalue weighted by atomic mass is 10.2. The minimum atomic E-state index is -0.328. The fraction of sp³-hybridized carbons (Fsp3) is 0.0909. The summed E-state index contributed by atoms with van der Waals surface area (Å²) in [6.07, 6.45) is 1.52. The number of carbonyl (C=O) groups is 1. The van der Waals surface area contributed by atoms with E-state index < -0.39 is 0 Å². The van der Waals surface area contributed by atoms with Crippen molar-refractivity contribution in [3.63, 3.8) is 0 Å². The summed E-state index contributed by atoms with van der Waals surface area (Å²) in [7, 11) is 1.59. The van der Waals surface area contributed by atoms with Crippen molar-refractivity contribution in [2.24, 2.45) is 0 Å². The van der Waals surface area contributed by atoms with Crippen LogP contribution >= 0.6 is 15.9 Å². The summed E-state index contributed by atoms with van der Waals surface area (Å²) in [5, 5.41) is 6.75. The Labute approximate surface area is 185 Å². The second-order valence-electron chi connectivity index (χ2n) is 6.59. The number of anilines is 1. The summed E-state index contributed by atoms with van der Waals surface area (Å²) < 4.78 is 12.7. The zero-order valence-electron chi connectivity index (χ0n) is 16.4. The fourth-order valence-corrected chi connectivity index (χ4v) is 3.13. The largest absolute Gasteiger partial charge is 0.497 e. The van der Waals surface area contributed by atoms with Gasteiger partial charge < -0.3 is 19.1 Å². The molecule has 0 atom stereocenters. The Morgan fingerprint density at radius 2 is 1.77 bits per heavy atom. The number of pyridine rings is 1. The Hall–Kier alpha value is -3.72. The molecule has 9 heteroatoms. The van der Waals surface area contributed by atoms with Gasteiger partial charge in [-0.05, 0) is 54.6 Å². The molecule has 0 saturated heterocycles. The minimum Gasteiger partial charge on any atom is -0.497 e. The van der Waals surface area contributed by atoms with Crippen molar-refractivity contribution in [2.45, 2.75) is 6.54 Å². The fourth-order valence-electron chi connectivity index (χ4n) is 2.87. The molecule has 2 heterocycles. The number of methoxy groups -OCH3 is 1. The molecule has 156 valence electrons. The number of aromatic nitrogens is 3. The highest BCUT2D eigenvalue weighted by atomic mass is 79.9. The van der Waals surface area contributed by atoms with Crippen molar-refractivity contribution in [3.05, 3.63) is 81.7 Å². The topological polar surface area (TPSA) is 99.3 Å². The number of nitrogens with one attached hydrogen (secondary N) is 1. The third-order valence-corrected chi connectivity index (χ3v) is 4.98. The Balaban J connectivity index is 1.52. The molecule has 8 nitrogen and oxygen atoms in total. The van der Waals surface area contributed by atoms with E-state index in [-0.39, 0.29) is 23.9 Å². The number of halogens is 1. The molecule has 0 bridgehead atoms. The molecule has 0 spiro atoms. The maximum atomic E-state index is 12.4. The highest BCUT2D eigenvalue weighted by Crippen LogP contribution is 2.23. The molecule has 2 aromatic heterocycles. The van der Waals surface area contributed by atoms with Crippen molar-refractivity contribution in [1.82, 2.24) is 14.7 Å². The van der Waals surface area contributed by atoms with Gasteiger partial charge in [-0.1, -0.05) is 21.1 Å². The van der Waals surface area contributed by atoms with Gasteiger partial charge in [-0.25, -0.2) is 0 Å². The lowest BCUT2D eigenvalue weighted by molar-refractivity contribution is -0.116. The van der Waals surface area contributed by atoms with E-state index in [0.29, 0.717) is 17.1 Å². The molecule has 1 N–H and O–H groups in total. The van der Waals surface area contributed by atoms with Crippen LogP contribution in [0.5, 0.6) is 5.75 Å². The lowest BCUT2D eigenvalue weighted by Crippen LogP contribution is -2.26. The van der Waals surface area contributed by atoms with Crippen molar-refractivity contribution in [1.29, 1.82) is 0 Å². The number of carbonyl (C=O) groups excluding carboxylic acids is 1. The molecule has 0 saturated carbocycles. The average molecular weight is 481 g/mol. The standard InChI is InChI=1S/C22H17BrN4O4/c1-30-18-9-2-14(3-10-18)21-25-22(31-26-21)15-4-11-20(29)27(12-15)13-19(28)24-17-7-5-16(23)6-8-17/h2-12H,13H2,1H3,(H,24,28). The third-order valence-electron chi connectivity index (χ3n) is 4.45. The second kappa shape index (κ2) is 8.97.